The lowest BCUT2D eigenvalue weighted by Crippen LogP contribution is -2.47. The first-order valence-electron chi connectivity index (χ1n) is 11.1. The topological polar surface area (TPSA) is 70.4 Å². The van der Waals surface area contributed by atoms with Crippen molar-refractivity contribution in [2.45, 2.75) is 32.4 Å². The molecule has 9 heteroatoms. The lowest BCUT2D eigenvalue weighted by molar-refractivity contribution is 0.250. The molecule has 0 aliphatic carbocycles. The van der Waals surface area contributed by atoms with Gasteiger partial charge in [-0.3, -0.25) is 14.3 Å². The molecule has 0 atom stereocenters. The van der Waals surface area contributed by atoms with E-state index in [0.717, 1.165) is 87.8 Å². The Hall–Kier alpha value is -2.36. The van der Waals surface area contributed by atoms with Crippen LogP contribution in [0.1, 0.15) is 23.3 Å². The predicted molar refractivity (Wildman–Crippen MR) is 124 cm³/mol. The van der Waals surface area contributed by atoms with Gasteiger partial charge in [0.2, 0.25) is 5.95 Å². The molecule has 0 N–H and O–H groups in total. The molecule has 0 amide bonds. The van der Waals surface area contributed by atoms with Gasteiger partial charge in [0.1, 0.15) is 4.83 Å². The van der Waals surface area contributed by atoms with Gasteiger partial charge in [0.15, 0.2) is 0 Å². The van der Waals surface area contributed by atoms with Crippen molar-refractivity contribution in [3.05, 3.63) is 45.6 Å². The second kappa shape index (κ2) is 9.02. The van der Waals surface area contributed by atoms with Gasteiger partial charge in [-0.2, -0.15) is 0 Å². The van der Waals surface area contributed by atoms with Crippen molar-refractivity contribution >= 4 is 27.5 Å². The van der Waals surface area contributed by atoms with Crippen LogP contribution in [0, 0.1) is 0 Å². The molecule has 8 nitrogen and oxygen atoms in total. The molecule has 0 radical (unpaired) electrons. The van der Waals surface area contributed by atoms with E-state index in [0.29, 0.717) is 0 Å². The van der Waals surface area contributed by atoms with Gasteiger partial charge in [0, 0.05) is 63.1 Å². The molecule has 1 fully saturated rings. The summed E-state index contributed by atoms with van der Waals surface area (Å²) < 4.78 is 1.82. The van der Waals surface area contributed by atoms with Gasteiger partial charge < -0.3 is 9.80 Å². The summed E-state index contributed by atoms with van der Waals surface area (Å²) in [5.74, 6) is 0.826. The summed E-state index contributed by atoms with van der Waals surface area (Å²) in [6, 6.07) is 1.85. The molecule has 2 aliphatic rings. The molecular weight excluding hydrogens is 410 g/mol. The van der Waals surface area contributed by atoms with Crippen LogP contribution in [-0.4, -0.2) is 75.6 Å². The Morgan fingerprint density at radius 2 is 1.77 bits per heavy atom. The minimum Gasteiger partial charge on any atom is -0.338 e. The molecule has 5 rings (SSSR count). The van der Waals surface area contributed by atoms with Gasteiger partial charge in [-0.1, -0.05) is 0 Å². The summed E-state index contributed by atoms with van der Waals surface area (Å²) in [7, 11) is 2.13. The maximum Gasteiger partial charge on any atom is 0.262 e. The quantitative estimate of drug-likeness (QED) is 0.543. The van der Waals surface area contributed by atoms with Crippen molar-refractivity contribution in [3.63, 3.8) is 0 Å². The fraction of sp³-hybridized carbons (Fsp3) is 0.545. The molecular formula is C22H29N7OS. The van der Waals surface area contributed by atoms with E-state index >= 15 is 0 Å². The van der Waals surface area contributed by atoms with E-state index in [1.807, 2.05) is 10.6 Å². The Bertz CT molecular complexity index is 1090. The predicted octanol–water partition coefficient (Wildman–Crippen LogP) is 1.84. The third-order valence-corrected chi connectivity index (χ3v) is 7.47. The maximum atomic E-state index is 13.1. The smallest absolute Gasteiger partial charge is 0.262 e. The number of piperazine rings is 1. The number of anilines is 1. The van der Waals surface area contributed by atoms with Gasteiger partial charge in [-0.05, 0) is 44.5 Å². The number of aryl methyl sites for hydroxylation is 1. The fourth-order valence-electron chi connectivity index (χ4n) is 4.55. The summed E-state index contributed by atoms with van der Waals surface area (Å²) >= 11 is 1.69. The van der Waals surface area contributed by atoms with E-state index in [1.54, 1.807) is 30.1 Å². The molecule has 0 spiro atoms. The lowest BCUT2D eigenvalue weighted by Gasteiger charge is -2.34. The number of hydrogen-bond acceptors (Lipinski definition) is 8. The number of unbranched alkanes of at least 4 members (excludes halogenated alkanes) is 1. The number of nitrogens with zero attached hydrogens (tertiary/aromatic N) is 7. The van der Waals surface area contributed by atoms with Gasteiger partial charge in [-0.15, -0.1) is 11.3 Å². The highest BCUT2D eigenvalue weighted by Gasteiger charge is 2.22. The van der Waals surface area contributed by atoms with Crippen LogP contribution in [0.15, 0.2) is 29.6 Å². The second-order valence-corrected chi connectivity index (χ2v) is 9.58. The maximum absolute atomic E-state index is 13.1. The first-order valence-corrected chi connectivity index (χ1v) is 11.9. The summed E-state index contributed by atoms with van der Waals surface area (Å²) in [5, 5.41) is 0.870. The number of rotatable bonds is 6. The third-order valence-electron chi connectivity index (χ3n) is 6.35. The van der Waals surface area contributed by atoms with E-state index < -0.39 is 0 Å². The molecule has 0 bridgehead atoms. The van der Waals surface area contributed by atoms with E-state index in [-0.39, 0.29) is 5.56 Å². The zero-order valence-corrected chi connectivity index (χ0v) is 18.9. The van der Waals surface area contributed by atoms with Crippen LogP contribution in [-0.2, 0) is 19.5 Å². The van der Waals surface area contributed by atoms with Crippen molar-refractivity contribution in [1.82, 2.24) is 29.3 Å². The molecule has 3 aromatic rings. The molecule has 0 aromatic carbocycles. The number of likely N-dealkylation sites (N-methyl/N-ethyl adjacent to an activating group) is 1. The van der Waals surface area contributed by atoms with Crippen molar-refractivity contribution in [2.24, 2.45) is 0 Å². The van der Waals surface area contributed by atoms with Crippen molar-refractivity contribution in [1.29, 1.82) is 0 Å². The highest BCUT2D eigenvalue weighted by Crippen LogP contribution is 2.31. The van der Waals surface area contributed by atoms with Gasteiger partial charge in [0.05, 0.1) is 11.7 Å². The van der Waals surface area contributed by atoms with Crippen molar-refractivity contribution in [3.8, 4) is 0 Å². The highest BCUT2D eigenvalue weighted by atomic mass is 32.1. The first-order chi connectivity index (χ1) is 15.2. The number of thiophene rings is 1. The zero-order valence-electron chi connectivity index (χ0n) is 18.0. The number of fused-ring (bicyclic) bond motifs is 3. The van der Waals surface area contributed by atoms with Crippen LogP contribution < -0.4 is 10.5 Å². The minimum absolute atomic E-state index is 0.142. The molecule has 5 heterocycles. The highest BCUT2D eigenvalue weighted by molar-refractivity contribution is 7.18. The number of aromatic nitrogens is 4. The molecule has 0 saturated carbocycles. The molecule has 1 saturated heterocycles. The largest absolute Gasteiger partial charge is 0.338 e. The monoisotopic (exact) mass is 439 g/mol. The van der Waals surface area contributed by atoms with Gasteiger partial charge in [-0.25, -0.2) is 15.0 Å². The Kier molecular flexibility index (Phi) is 5.97. The third kappa shape index (κ3) is 4.35. The van der Waals surface area contributed by atoms with Gasteiger partial charge in [0.25, 0.3) is 5.56 Å². The zero-order chi connectivity index (χ0) is 21.2. The van der Waals surface area contributed by atoms with Crippen molar-refractivity contribution < 1.29 is 0 Å². The standard InChI is InChI=1S/C22H29N7OS/c1-26-10-5-17-18(15-26)31-20-19(17)21(30)29(16-25-20)9-3-2-8-27-11-13-28(14-12-27)22-23-6-4-7-24-22/h4,6-7,16H,2-3,5,8-15H2,1H3. The SMILES string of the molecule is CN1CCc2c(sc3ncn(CCCCN4CCN(c5ncccn5)CC4)c(=O)c23)C1. The Morgan fingerprint density at radius 3 is 2.58 bits per heavy atom. The van der Waals surface area contributed by atoms with Crippen LogP contribution in [0.25, 0.3) is 10.2 Å². The fourth-order valence-corrected chi connectivity index (χ4v) is 5.81. The van der Waals surface area contributed by atoms with Crippen molar-refractivity contribution in [2.75, 3.05) is 51.2 Å². The molecule has 3 aromatic heterocycles. The van der Waals surface area contributed by atoms with Crippen LogP contribution in [0.3, 0.4) is 0 Å². The van der Waals surface area contributed by atoms with E-state index in [4.69, 9.17) is 0 Å². The Labute approximate surface area is 186 Å². The van der Waals surface area contributed by atoms with Crippen LogP contribution in [0.2, 0.25) is 0 Å². The number of hydrogen-bond donors (Lipinski definition) is 0. The lowest BCUT2D eigenvalue weighted by atomic mass is 10.1. The van der Waals surface area contributed by atoms with Gasteiger partial charge >= 0.3 is 0 Å². The van der Waals surface area contributed by atoms with E-state index in [1.165, 1.54) is 10.4 Å². The molecule has 0 unspecified atom stereocenters. The summed E-state index contributed by atoms with van der Waals surface area (Å²) in [4.78, 5) is 35.7. The summed E-state index contributed by atoms with van der Waals surface area (Å²) in [5.41, 5.74) is 1.38. The van der Waals surface area contributed by atoms with Crippen LogP contribution in [0.5, 0.6) is 0 Å². The first kappa shape index (κ1) is 20.5. The normalized spacial score (nSPS) is 17.9. The van der Waals surface area contributed by atoms with E-state index in [9.17, 15) is 4.79 Å². The molecule has 164 valence electrons. The Morgan fingerprint density at radius 1 is 1.00 bits per heavy atom. The van der Waals surface area contributed by atoms with Crippen LogP contribution in [0.4, 0.5) is 5.95 Å². The average Bonchev–Trinajstić information content (AvgIpc) is 3.17. The summed E-state index contributed by atoms with van der Waals surface area (Å²) in [6.07, 6.45) is 8.37. The Balaban J connectivity index is 1.14. The summed E-state index contributed by atoms with van der Waals surface area (Å²) in [6.45, 7) is 7.72. The van der Waals surface area contributed by atoms with Crippen LogP contribution >= 0.6 is 11.3 Å². The average molecular weight is 440 g/mol. The molecule has 2 aliphatic heterocycles. The molecule has 31 heavy (non-hydrogen) atoms. The minimum atomic E-state index is 0.142. The second-order valence-electron chi connectivity index (χ2n) is 8.50. The van der Waals surface area contributed by atoms with E-state index in [2.05, 4.69) is 36.7 Å².